The molecule has 2 heterocycles. The van der Waals surface area contributed by atoms with E-state index in [4.69, 9.17) is 0 Å². The highest BCUT2D eigenvalue weighted by Gasteiger charge is 2.37. The highest BCUT2D eigenvalue weighted by molar-refractivity contribution is 6.08. The van der Waals surface area contributed by atoms with Gasteiger partial charge in [-0.2, -0.15) is 0 Å². The topological polar surface area (TPSA) is 52.7 Å². The molecule has 2 aliphatic heterocycles. The van der Waals surface area contributed by atoms with Crippen LogP contribution in [0.15, 0.2) is 42.5 Å². The lowest BCUT2D eigenvalue weighted by Crippen LogP contribution is -2.55. The Morgan fingerprint density at radius 1 is 1.19 bits per heavy atom. The number of carbonyl (C=O) groups is 2. The van der Waals surface area contributed by atoms with Crippen LogP contribution in [0, 0.1) is 5.82 Å². The molecule has 6 heteroatoms. The van der Waals surface area contributed by atoms with Gasteiger partial charge >= 0.3 is 0 Å². The average molecular weight is 353 g/mol. The third-order valence-corrected chi connectivity index (χ3v) is 5.17. The zero-order valence-electron chi connectivity index (χ0n) is 14.5. The lowest BCUT2D eigenvalue weighted by atomic mass is 9.97. The monoisotopic (exact) mass is 353 g/mol. The summed E-state index contributed by atoms with van der Waals surface area (Å²) in [6.07, 6.45) is 3.07. The first kappa shape index (κ1) is 16.6. The van der Waals surface area contributed by atoms with E-state index in [2.05, 4.69) is 10.2 Å². The van der Waals surface area contributed by atoms with Gasteiger partial charge in [-0.3, -0.25) is 9.59 Å². The second-order valence-corrected chi connectivity index (χ2v) is 6.75. The van der Waals surface area contributed by atoms with Crippen molar-refractivity contribution in [3.05, 3.63) is 59.4 Å². The van der Waals surface area contributed by atoms with Gasteiger partial charge in [0.05, 0.1) is 16.9 Å². The molecule has 0 radical (unpaired) electrons. The van der Waals surface area contributed by atoms with Gasteiger partial charge in [-0.25, -0.2) is 4.39 Å². The number of para-hydroxylation sites is 1. The van der Waals surface area contributed by atoms with Crippen molar-refractivity contribution in [2.45, 2.75) is 25.4 Å². The molecule has 0 saturated carbocycles. The summed E-state index contributed by atoms with van der Waals surface area (Å²) in [4.78, 5) is 29.3. The van der Waals surface area contributed by atoms with E-state index in [0.29, 0.717) is 11.1 Å². The molecule has 26 heavy (non-hydrogen) atoms. The Hall–Kier alpha value is -2.89. The van der Waals surface area contributed by atoms with Crippen LogP contribution in [0.25, 0.3) is 0 Å². The smallest absolute Gasteiger partial charge is 0.257 e. The predicted molar refractivity (Wildman–Crippen MR) is 97.9 cm³/mol. The molecule has 2 amide bonds. The van der Waals surface area contributed by atoms with Crippen molar-refractivity contribution in [2.24, 2.45) is 0 Å². The number of halogens is 1. The van der Waals surface area contributed by atoms with E-state index in [1.807, 2.05) is 11.9 Å². The van der Waals surface area contributed by atoms with Crippen LogP contribution in [0.2, 0.25) is 0 Å². The molecule has 1 N–H and O–H groups in total. The molecule has 0 spiro atoms. The number of anilines is 2. The maximum atomic E-state index is 13.8. The summed E-state index contributed by atoms with van der Waals surface area (Å²) in [5, 5.41) is 2.59. The van der Waals surface area contributed by atoms with Crippen LogP contribution in [0.5, 0.6) is 0 Å². The molecule has 4 rings (SSSR count). The van der Waals surface area contributed by atoms with Crippen LogP contribution in [0.3, 0.4) is 0 Å². The zero-order chi connectivity index (χ0) is 18.3. The maximum Gasteiger partial charge on any atom is 0.257 e. The largest absolute Gasteiger partial charge is 0.354 e. The van der Waals surface area contributed by atoms with E-state index < -0.39 is 11.7 Å². The minimum Gasteiger partial charge on any atom is -0.354 e. The number of carbonyl (C=O) groups excluding carboxylic acids is 2. The number of nitrogens with zero attached hydrogens (tertiary/aromatic N) is 2. The van der Waals surface area contributed by atoms with Crippen molar-refractivity contribution in [1.82, 2.24) is 4.90 Å². The molecule has 0 aromatic heterocycles. The lowest BCUT2D eigenvalue weighted by molar-refractivity contribution is 0.0589. The average Bonchev–Trinajstić information content (AvgIpc) is 2.67. The summed E-state index contributed by atoms with van der Waals surface area (Å²) in [5.41, 5.74) is 1.89. The van der Waals surface area contributed by atoms with Gasteiger partial charge in [-0.1, -0.05) is 12.1 Å². The minimum absolute atomic E-state index is 0.0175. The summed E-state index contributed by atoms with van der Waals surface area (Å²) >= 11 is 0. The number of fused-ring (bicyclic) bond motifs is 2. The van der Waals surface area contributed by atoms with Crippen LogP contribution < -0.4 is 10.2 Å². The third-order valence-electron chi connectivity index (χ3n) is 5.17. The molecule has 0 bridgehead atoms. The summed E-state index contributed by atoms with van der Waals surface area (Å²) in [5.74, 6) is -0.863. The van der Waals surface area contributed by atoms with Crippen molar-refractivity contribution < 1.29 is 14.0 Å². The first-order valence-corrected chi connectivity index (χ1v) is 8.80. The number of rotatable bonds is 2. The van der Waals surface area contributed by atoms with Crippen molar-refractivity contribution in [1.29, 1.82) is 0 Å². The first-order chi connectivity index (χ1) is 12.6. The number of hydrogen-bond donors (Lipinski definition) is 1. The Morgan fingerprint density at radius 3 is 2.81 bits per heavy atom. The maximum absolute atomic E-state index is 13.8. The first-order valence-electron chi connectivity index (χ1n) is 8.80. The minimum atomic E-state index is -0.482. The molecule has 1 fully saturated rings. The van der Waals surface area contributed by atoms with Crippen LogP contribution in [0.4, 0.5) is 15.8 Å². The van der Waals surface area contributed by atoms with E-state index in [-0.39, 0.29) is 17.8 Å². The number of nitrogens with one attached hydrogen (secondary N) is 1. The van der Waals surface area contributed by atoms with Crippen molar-refractivity contribution in [3.63, 3.8) is 0 Å². The van der Waals surface area contributed by atoms with Gasteiger partial charge in [0.1, 0.15) is 12.0 Å². The fourth-order valence-electron chi connectivity index (χ4n) is 3.77. The lowest BCUT2D eigenvalue weighted by Gasteiger charge is -2.46. The second-order valence-electron chi connectivity index (χ2n) is 6.75. The second kappa shape index (κ2) is 6.44. The van der Waals surface area contributed by atoms with Crippen LogP contribution >= 0.6 is 0 Å². The van der Waals surface area contributed by atoms with Gasteiger partial charge < -0.3 is 15.1 Å². The molecule has 134 valence electrons. The number of benzene rings is 2. The highest BCUT2D eigenvalue weighted by atomic mass is 19.1. The molecule has 2 aliphatic rings. The predicted octanol–water partition coefficient (Wildman–Crippen LogP) is 3.48. The third kappa shape index (κ3) is 2.71. The molecule has 1 atom stereocenters. The zero-order valence-corrected chi connectivity index (χ0v) is 14.5. The molecule has 0 aliphatic carbocycles. The molecule has 2 aromatic carbocycles. The van der Waals surface area contributed by atoms with Crippen LogP contribution in [0.1, 0.15) is 40.0 Å². The normalized spacial score (nSPS) is 19.0. The number of hydrogen-bond acceptors (Lipinski definition) is 3. The fourth-order valence-corrected chi connectivity index (χ4v) is 3.77. The molecule has 5 nitrogen and oxygen atoms in total. The molecule has 2 aromatic rings. The molecule has 0 unspecified atom stereocenters. The van der Waals surface area contributed by atoms with Crippen LogP contribution in [-0.4, -0.2) is 36.5 Å². The Morgan fingerprint density at radius 2 is 2.00 bits per heavy atom. The van der Waals surface area contributed by atoms with Crippen LogP contribution in [-0.2, 0) is 0 Å². The van der Waals surface area contributed by atoms with E-state index in [9.17, 15) is 14.0 Å². The quantitative estimate of drug-likeness (QED) is 0.899. The molecule has 1 saturated heterocycles. The van der Waals surface area contributed by atoms with Gasteiger partial charge in [0.25, 0.3) is 11.8 Å². The number of amides is 2. The van der Waals surface area contributed by atoms with E-state index in [1.165, 1.54) is 12.1 Å². The van der Waals surface area contributed by atoms with Crippen molar-refractivity contribution >= 4 is 23.2 Å². The summed E-state index contributed by atoms with van der Waals surface area (Å²) in [6.45, 7) is 0.767. The Balaban J connectivity index is 1.65. The summed E-state index contributed by atoms with van der Waals surface area (Å²) in [6, 6.07) is 11.1. The molecular weight excluding hydrogens is 333 g/mol. The Labute approximate surface area is 151 Å². The van der Waals surface area contributed by atoms with E-state index in [1.54, 1.807) is 30.3 Å². The van der Waals surface area contributed by atoms with E-state index in [0.717, 1.165) is 31.5 Å². The standard InChI is InChI=1S/C20H20FN3O2/c1-23-17-12-13(19(25)22-16-7-3-2-6-15(16)21)9-10-14(17)20(26)24-11-5-4-8-18(23)24/h2-3,6-7,9-10,12,18H,4-5,8,11H2,1H3,(H,22,25)/t18-/m0/s1. The van der Waals surface area contributed by atoms with Gasteiger partial charge in [0.15, 0.2) is 0 Å². The molecular formula is C20H20FN3O2. The van der Waals surface area contributed by atoms with Gasteiger partial charge in [-0.05, 0) is 49.6 Å². The highest BCUT2D eigenvalue weighted by Crippen LogP contribution is 2.35. The number of piperidine rings is 1. The van der Waals surface area contributed by atoms with Gasteiger partial charge in [-0.15, -0.1) is 0 Å². The fraction of sp³-hybridized carbons (Fsp3) is 0.300. The van der Waals surface area contributed by atoms with Crippen molar-refractivity contribution in [2.75, 3.05) is 23.8 Å². The SMILES string of the molecule is CN1c2cc(C(=O)Nc3ccccc3F)ccc2C(=O)N2CCCC[C@H]21. The van der Waals surface area contributed by atoms with Gasteiger partial charge in [0, 0.05) is 19.2 Å². The summed E-state index contributed by atoms with van der Waals surface area (Å²) in [7, 11) is 1.95. The van der Waals surface area contributed by atoms with Gasteiger partial charge in [0.2, 0.25) is 0 Å². The Bertz CT molecular complexity index is 883. The Kier molecular flexibility index (Phi) is 4.11. The van der Waals surface area contributed by atoms with Crippen molar-refractivity contribution in [3.8, 4) is 0 Å². The van der Waals surface area contributed by atoms with E-state index >= 15 is 0 Å². The summed E-state index contributed by atoms with van der Waals surface area (Å²) < 4.78 is 13.8.